The number of carbonyl (C=O) groups excluding carboxylic acids is 1. The van der Waals surface area contributed by atoms with E-state index in [4.69, 9.17) is 4.74 Å². The van der Waals surface area contributed by atoms with E-state index in [0.717, 1.165) is 30.0 Å². The summed E-state index contributed by atoms with van der Waals surface area (Å²) in [6.07, 6.45) is 1.78. The van der Waals surface area contributed by atoms with Crippen LogP contribution >= 0.6 is 0 Å². The molecule has 2 N–H and O–H groups in total. The molecule has 1 aliphatic heterocycles. The topological polar surface area (TPSA) is 66.5 Å². The van der Waals surface area contributed by atoms with Crippen LogP contribution in [0.1, 0.15) is 16.7 Å². The molecule has 0 unspecified atom stereocenters. The fraction of sp³-hybridized carbons (Fsp3) is 0.368. The molecule has 132 valence electrons. The minimum Gasteiger partial charge on any atom is -0.378 e. The summed E-state index contributed by atoms with van der Waals surface area (Å²) in [5.74, 6) is 0.921. The number of nitrogens with zero attached hydrogens (tertiary/aromatic N) is 2. The van der Waals surface area contributed by atoms with Crippen LogP contribution < -0.4 is 15.5 Å². The lowest BCUT2D eigenvalue weighted by Gasteiger charge is -2.29. The van der Waals surface area contributed by atoms with E-state index in [-0.39, 0.29) is 6.03 Å². The molecule has 1 fully saturated rings. The van der Waals surface area contributed by atoms with Gasteiger partial charge in [0, 0.05) is 37.9 Å². The minimum atomic E-state index is -0.181. The third-order valence-corrected chi connectivity index (χ3v) is 4.32. The Morgan fingerprint density at radius 1 is 1.08 bits per heavy atom. The maximum atomic E-state index is 12.1. The van der Waals surface area contributed by atoms with Gasteiger partial charge in [-0.05, 0) is 24.1 Å². The fourth-order valence-corrected chi connectivity index (χ4v) is 2.85. The summed E-state index contributed by atoms with van der Waals surface area (Å²) < 4.78 is 5.39. The number of urea groups is 1. The largest absolute Gasteiger partial charge is 0.378 e. The van der Waals surface area contributed by atoms with Crippen LogP contribution in [-0.4, -0.2) is 37.3 Å². The average Bonchev–Trinajstić information content (AvgIpc) is 2.66. The number of carbonyl (C=O) groups is 1. The van der Waals surface area contributed by atoms with Crippen molar-refractivity contribution >= 4 is 11.8 Å². The molecule has 0 saturated carbocycles. The predicted molar refractivity (Wildman–Crippen MR) is 97.5 cm³/mol. The summed E-state index contributed by atoms with van der Waals surface area (Å²) in [4.78, 5) is 18.8. The number of hydrogen-bond acceptors (Lipinski definition) is 4. The number of nitrogens with one attached hydrogen (secondary N) is 2. The van der Waals surface area contributed by atoms with E-state index in [1.165, 1.54) is 5.56 Å². The fourth-order valence-electron chi connectivity index (χ4n) is 2.85. The lowest BCUT2D eigenvalue weighted by molar-refractivity contribution is 0.122. The molecule has 1 aromatic carbocycles. The molecule has 2 aromatic rings. The normalized spacial score (nSPS) is 14.2. The highest BCUT2D eigenvalue weighted by Gasteiger charge is 2.16. The minimum absolute atomic E-state index is 0.181. The summed E-state index contributed by atoms with van der Waals surface area (Å²) >= 11 is 0. The first-order valence-corrected chi connectivity index (χ1v) is 8.57. The summed E-state index contributed by atoms with van der Waals surface area (Å²) in [5.41, 5.74) is 3.30. The molecular formula is C19H24N4O2. The monoisotopic (exact) mass is 340 g/mol. The Morgan fingerprint density at radius 3 is 2.52 bits per heavy atom. The molecule has 6 heteroatoms. The van der Waals surface area contributed by atoms with Crippen LogP contribution in [0.3, 0.4) is 0 Å². The SMILES string of the molecule is Cc1ccccc1CNC(=O)NCc1cccnc1N1CCOCC1. The van der Waals surface area contributed by atoms with Crippen LogP contribution in [-0.2, 0) is 17.8 Å². The van der Waals surface area contributed by atoms with Crippen molar-refractivity contribution in [3.63, 3.8) is 0 Å². The molecule has 0 bridgehead atoms. The van der Waals surface area contributed by atoms with Crippen molar-refractivity contribution in [2.24, 2.45) is 0 Å². The van der Waals surface area contributed by atoms with Gasteiger partial charge in [0.05, 0.1) is 13.2 Å². The van der Waals surface area contributed by atoms with Crippen molar-refractivity contribution in [3.8, 4) is 0 Å². The zero-order valence-corrected chi connectivity index (χ0v) is 14.5. The third-order valence-electron chi connectivity index (χ3n) is 4.32. The van der Waals surface area contributed by atoms with Gasteiger partial charge in [-0.25, -0.2) is 9.78 Å². The van der Waals surface area contributed by atoms with Gasteiger partial charge in [0.2, 0.25) is 0 Å². The number of ether oxygens (including phenoxy) is 1. The van der Waals surface area contributed by atoms with Crippen LogP contribution in [0.15, 0.2) is 42.6 Å². The Bertz CT molecular complexity index is 714. The van der Waals surface area contributed by atoms with Crippen molar-refractivity contribution in [2.75, 3.05) is 31.2 Å². The van der Waals surface area contributed by atoms with Gasteiger partial charge in [0.25, 0.3) is 0 Å². The first kappa shape index (κ1) is 17.2. The van der Waals surface area contributed by atoms with Crippen LogP contribution in [0.5, 0.6) is 0 Å². The summed E-state index contributed by atoms with van der Waals surface area (Å²) in [7, 11) is 0. The molecule has 1 saturated heterocycles. The molecule has 6 nitrogen and oxygen atoms in total. The van der Waals surface area contributed by atoms with Gasteiger partial charge in [-0.1, -0.05) is 30.3 Å². The number of amides is 2. The van der Waals surface area contributed by atoms with E-state index in [9.17, 15) is 4.79 Å². The van der Waals surface area contributed by atoms with Crippen molar-refractivity contribution in [3.05, 3.63) is 59.3 Å². The second-order valence-corrected chi connectivity index (χ2v) is 6.05. The second kappa shape index (κ2) is 8.48. The number of rotatable bonds is 5. The van der Waals surface area contributed by atoms with Gasteiger partial charge in [0.15, 0.2) is 0 Å². The number of hydrogen-bond donors (Lipinski definition) is 2. The Labute approximate surface area is 148 Å². The maximum absolute atomic E-state index is 12.1. The number of aromatic nitrogens is 1. The number of anilines is 1. The Balaban J connectivity index is 1.54. The molecule has 2 amide bonds. The van der Waals surface area contributed by atoms with E-state index < -0.39 is 0 Å². The summed E-state index contributed by atoms with van der Waals surface area (Å²) in [6, 6.07) is 11.7. The van der Waals surface area contributed by atoms with Gasteiger partial charge in [-0.15, -0.1) is 0 Å². The molecule has 1 aromatic heterocycles. The number of pyridine rings is 1. The third kappa shape index (κ3) is 4.70. The first-order chi connectivity index (χ1) is 12.2. The number of benzene rings is 1. The molecule has 2 heterocycles. The van der Waals surface area contributed by atoms with E-state index in [2.05, 4.69) is 20.5 Å². The van der Waals surface area contributed by atoms with Crippen molar-refractivity contribution in [1.29, 1.82) is 0 Å². The van der Waals surface area contributed by atoms with Crippen molar-refractivity contribution in [2.45, 2.75) is 20.0 Å². The lowest BCUT2D eigenvalue weighted by Crippen LogP contribution is -2.38. The lowest BCUT2D eigenvalue weighted by atomic mass is 10.1. The van der Waals surface area contributed by atoms with Gasteiger partial charge in [0.1, 0.15) is 5.82 Å². The zero-order valence-electron chi connectivity index (χ0n) is 14.5. The zero-order chi connectivity index (χ0) is 17.5. The van der Waals surface area contributed by atoms with Crippen LogP contribution in [0.2, 0.25) is 0 Å². The quantitative estimate of drug-likeness (QED) is 0.876. The van der Waals surface area contributed by atoms with Crippen molar-refractivity contribution < 1.29 is 9.53 Å². The van der Waals surface area contributed by atoms with E-state index >= 15 is 0 Å². The molecule has 0 atom stereocenters. The average molecular weight is 340 g/mol. The molecule has 3 rings (SSSR count). The van der Waals surface area contributed by atoms with Gasteiger partial charge in [-0.2, -0.15) is 0 Å². The highest BCUT2D eigenvalue weighted by Crippen LogP contribution is 2.18. The molecule has 0 aliphatic carbocycles. The Hall–Kier alpha value is -2.60. The smallest absolute Gasteiger partial charge is 0.315 e. The predicted octanol–water partition coefficient (Wildman–Crippen LogP) is 2.23. The van der Waals surface area contributed by atoms with Gasteiger partial charge < -0.3 is 20.3 Å². The molecule has 0 radical (unpaired) electrons. The Kier molecular flexibility index (Phi) is 5.85. The standard InChI is InChI=1S/C19H24N4O2/c1-15-5-2-3-6-16(15)13-21-19(24)22-14-17-7-4-8-20-18(17)23-9-11-25-12-10-23/h2-8H,9-14H2,1H3,(H2,21,22,24). The molecule has 25 heavy (non-hydrogen) atoms. The number of morpholine rings is 1. The Morgan fingerprint density at radius 2 is 1.76 bits per heavy atom. The van der Waals surface area contributed by atoms with Gasteiger partial charge in [-0.3, -0.25) is 0 Å². The van der Waals surface area contributed by atoms with E-state index in [0.29, 0.717) is 26.3 Å². The maximum Gasteiger partial charge on any atom is 0.315 e. The highest BCUT2D eigenvalue weighted by atomic mass is 16.5. The van der Waals surface area contributed by atoms with Gasteiger partial charge >= 0.3 is 6.03 Å². The second-order valence-electron chi connectivity index (χ2n) is 6.05. The van der Waals surface area contributed by atoms with Crippen molar-refractivity contribution in [1.82, 2.24) is 15.6 Å². The molecule has 1 aliphatic rings. The van der Waals surface area contributed by atoms with Crippen LogP contribution in [0, 0.1) is 6.92 Å². The summed E-state index contributed by atoms with van der Waals surface area (Å²) in [6.45, 7) is 6.06. The van der Waals surface area contributed by atoms with E-state index in [1.54, 1.807) is 6.20 Å². The van der Waals surface area contributed by atoms with E-state index in [1.807, 2.05) is 43.3 Å². The molecule has 0 spiro atoms. The van der Waals surface area contributed by atoms with Crippen LogP contribution in [0.25, 0.3) is 0 Å². The highest BCUT2D eigenvalue weighted by molar-refractivity contribution is 5.74. The summed E-state index contributed by atoms with van der Waals surface area (Å²) in [5, 5.41) is 5.83. The molecular weight excluding hydrogens is 316 g/mol. The first-order valence-electron chi connectivity index (χ1n) is 8.57. The number of aryl methyl sites for hydroxylation is 1. The van der Waals surface area contributed by atoms with Crippen LogP contribution in [0.4, 0.5) is 10.6 Å².